The Labute approximate surface area is 134 Å². The molecule has 0 amide bonds. The summed E-state index contributed by atoms with van der Waals surface area (Å²) in [5, 5.41) is 10.8. The number of nitrogens with zero attached hydrogens (tertiary/aromatic N) is 4. The van der Waals surface area contributed by atoms with Gasteiger partial charge in [0.15, 0.2) is 0 Å². The summed E-state index contributed by atoms with van der Waals surface area (Å²) in [5.74, 6) is 0.776. The molecule has 2 atom stereocenters. The Morgan fingerprint density at radius 3 is 2.91 bits per heavy atom. The lowest BCUT2D eigenvalue weighted by Crippen LogP contribution is -2.34. The average molecular weight is 303 g/mol. The quantitative estimate of drug-likeness (QED) is 0.806. The summed E-state index contributed by atoms with van der Waals surface area (Å²) in [6, 6.07) is 14.7. The van der Waals surface area contributed by atoms with Crippen LogP contribution in [0.2, 0.25) is 0 Å². The molecule has 3 heterocycles. The lowest BCUT2D eigenvalue weighted by molar-refractivity contribution is 0.608. The van der Waals surface area contributed by atoms with Gasteiger partial charge in [-0.15, -0.1) is 0 Å². The molecule has 1 aromatic carbocycles. The number of aromatic nitrogens is 3. The van der Waals surface area contributed by atoms with Crippen LogP contribution in [0.1, 0.15) is 24.3 Å². The molecule has 5 heteroatoms. The maximum Gasteiger partial charge on any atom is 0.142 e. The number of hydrogen-bond donors (Lipinski definition) is 1. The second-order valence-electron chi connectivity index (χ2n) is 5.86. The standard InChI is InChI=1S/C18H17N5/c19-11-15(13-5-2-1-3-6-13)16-7-4-10-23(16)18-14-8-9-20-17(14)21-12-22-18/h1-3,5-6,8-9,12,15-16H,4,7,10H2,(H,20,21,22). The van der Waals surface area contributed by atoms with Crippen LogP contribution in [0.5, 0.6) is 0 Å². The number of rotatable bonds is 3. The zero-order valence-electron chi connectivity index (χ0n) is 12.7. The molecule has 4 rings (SSSR count). The molecule has 0 saturated carbocycles. The average Bonchev–Trinajstić information content (AvgIpc) is 3.25. The molecule has 1 saturated heterocycles. The molecule has 1 fully saturated rings. The molecule has 0 aliphatic carbocycles. The maximum atomic E-state index is 9.76. The first-order chi connectivity index (χ1) is 11.4. The van der Waals surface area contributed by atoms with Gasteiger partial charge in [0.2, 0.25) is 0 Å². The number of aromatic amines is 1. The van der Waals surface area contributed by atoms with Crippen LogP contribution in [0, 0.1) is 11.3 Å². The summed E-state index contributed by atoms with van der Waals surface area (Å²) < 4.78 is 0. The highest BCUT2D eigenvalue weighted by molar-refractivity contribution is 5.87. The minimum atomic E-state index is -0.150. The van der Waals surface area contributed by atoms with Gasteiger partial charge in [-0.25, -0.2) is 9.97 Å². The Morgan fingerprint density at radius 1 is 1.22 bits per heavy atom. The number of nitriles is 1. The van der Waals surface area contributed by atoms with E-state index >= 15 is 0 Å². The van der Waals surface area contributed by atoms with Crippen LogP contribution in [-0.2, 0) is 0 Å². The monoisotopic (exact) mass is 303 g/mol. The summed E-state index contributed by atoms with van der Waals surface area (Å²) >= 11 is 0. The topological polar surface area (TPSA) is 68.6 Å². The Bertz CT molecular complexity index is 848. The van der Waals surface area contributed by atoms with Crippen molar-refractivity contribution in [2.75, 3.05) is 11.4 Å². The summed E-state index contributed by atoms with van der Waals surface area (Å²) in [7, 11) is 0. The van der Waals surface area contributed by atoms with Gasteiger partial charge in [0, 0.05) is 12.7 Å². The molecule has 0 bridgehead atoms. The van der Waals surface area contributed by atoms with Gasteiger partial charge in [0.25, 0.3) is 0 Å². The molecule has 1 aliphatic rings. The fourth-order valence-electron chi connectivity index (χ4n) is 3.53. The van der Waals surface area contributed by atoms with Crippen LogP contribution in [-0.4, -0.2) is 27.5 Å². The molecule has 3 aromatic rings. The third-order valence-electron chi connectivity index (χ3n) is 4.59. The van der Waals surface area contributed by atoms with Gasteiger partial charge < -0.3 is 9.88 Å². The smallest absolute Gasteiger partial charge is 0.142 e. The van der Waals surface area contributed by atoms with Gasteiger partial charge in [-0.2, -0.15) is 5.26 Å². The van der Waals surface area contributed by atoms with E-state index in [-0.39, 0.29) is 12.0 Å². The van der Waals surface area contributed by atoms with Crippen LogP contribution in [0.25, 0.3) is 11.0 Å². The van der Waals surface area contributed by atoms with E-state index < -0.39 is 0 Å². The SMILES string of the molecule is N#CC(c1ccccc1)C1CCCN1c1ncnc2[nH]ccc12. The molecule has 0 spiro atoms. The van der Waals surface area contributed by atoms with E-state index in [1.807, 2.05) is 42.6 Å². The zero-order valence-corrected chi connectivity index (χ0v) is 12.7. The van der Waals surface area contributed by atoms with E-state index in [4.69, 9.17) is 0 Å². The molecule has 5 nitrogen and oxygen atoms in total. The van der Waals surface area contributed by atoms with Crippen LogP contribution >= 0.6 is 0 Å². The van der Waals surface area contributed by atoms with Crippen LogP contribution in [0.15, 0.2) is 48.9 Å². The number of H-pyrrole nitrogens is 1. The van der Waals surface area contributed by atoms with Gasteiger partial charge in [-0.05, 0) is 24.5 Å². The van der Waals surface area contributed by atoms with E-state index in [0.29, 0.717) is 0 Å². The predicted octanol–water partition coefficient (Wildman–Crippen LogP) is 3.23. The van der Waals surface area contributed by atoms with Crippen molar-refractivity contribution in [2.24, 2.45) is 0 Å². The molecule has 2 unspecified atom stereocenters. The summed E-state index contributed by atoms with van der Waals surface area (Å²) in [6.07, 6.45) is 5.55. The van der Waals surface area contributed by atoms with Crippen LogP contribution in [0.3, 0.4) is 0 Å². The minimum Gasteiger partial charge on any atom is -0.351 e. The number of anilines is 1. The van der Waals surface area contributed by atoms with Crippen molar-refractivity contribution < 1.29 is 0 Å². The van der Waals surface area contributed by atoms with Gasteiger partial charge >= 0.3 is 0 Å². The molecule has 23 heavy (non-hydrogen) atoms. The first-order valence-electron chi connectivity index (χ1n) is 7.88. The van der Waals surface area contributed by atoms with Crippen molar-refractivity contribution >= 4 is 16.9 Å². The van der Waals surface area contributed by atoms with Crippen molar-refractivity contribution in [3.05, 3.63) is 54.5 Å². The Kier molecular flexibility index (Phi) is 3.43. The Hall–Kier alpha value is -2.87. The molecule has 0 radical (unpaired) electrons. The van der Waals surface area contributed by atoms with E-state index in [2.05, 4.69) is 25.9 Å². The number of nitrogens with one attached hydrogen (secondary N) is 1. The minimum absolute atomic E-state index is 0.149. The lowest BCUT2D eigenvalue weighted by Gasteiger charge is -2.29. The molecule has 2 aromatic heterocycles. The second kappa shape index (κ2) is 5.73. The highest BCUT2D eigenvalue weighted by Gasteiger charge is 2.34. The molecular formula is C18H17N5. The summed E-state index contributed by atoms with van der Waals surface area (Å²) in [4.78, 5) is 14.2. The van der Waals surface area contributed by atoms with Gasteiger partial charge in [0.1, 0.15) is 17.8 Å². The largest absolute Gasteiger partial charge is 0.351 e. The van der Waals surface area contributed by atoms with Crippen LogP contribution in [0.4, 0.5) is 5.82 Å². The molecule has 1 aliphatic heterocycles. The Balaban J connectivity index is 1.74. The van der Waals surface area contributed by atoms with E-state index in [1.165, 1.54) is 0 Å². The third-order valence-corrected chi connectivity index (χ3v) is 4.59. The highest BCUT2D eigenvalue weighted by atomic mass is 15.2. The molecular weight excluding hydrogens is 286 g/mol. The first-order valence-corrected chi connectivity index (χ1v) is 7.88. The number of hydrogen-bond acceptors (Lipinski definition) is 4. The van der Waals surface area contributed by atoms with Gasteiger partial charge in [0.05, 0.1) is 23.4 Å². The van der Waals surface area contributed by atoms with Crippen molar-refractivity contribution in [1.82, 2.24) is 15.0 Å². The van der Waals surface area contributed by atoms with Gasteiger partial charge in [-0.1, -0.05) is 30.3 Å². The Morgan fingerprint density at radius 2 is 2.09 bits per heavy atom. The molecule has 1 N–H and O–H groups in total. The highest BCUT2D eigenvalue weighted by Crippen LogP contribution is 2.35. The van der Waals surface area contributed by atoms with E-state index in [0.717, 1.165) is 41.8 Å². The first kappa shape index (κ1) is 13.8. The van der Waals surface area contributed by atoms with Crippen molar-refractivity contribution in [3.63, 3.8) is 0 Å². The summed E-state index contributed by atoms with van der Waals surface area (Å²) in [6.45, 7) is 0.924. The summed E-state index contributed by atoms with van der Waals surface area (Å²) in [5.41, 5.74) is 1.92. The predicted molar refractivity (Wildman–Crippen MR) is 89.1 cm³/mol. The third kappa shape index (κ3) is 2.33. The number of benzene rings is 1. The van der Waals surface area contributed by atoms with Gasteiger partial charge in [-0.3, -0.25) is 0 Å². The van der Waals surface area contributed by atoms with E-state index in [9.17, 15) is 5.26 Å². The maximum absolute atomic E-state index is 9.76. The zero-order chi connectivity index (χ0) is 15.6. The fourth-order valence-corrected chi connectivity index (χ4v) is 3.53. The second-order valence-corrected chi connectivity index (χ2v) is 5.86. The fraction of sp³-hybridized carbons (Fsp3) is 0.278. The van der Waals surface area contributed by atoms with Crippen molar-refractivity contribution in [1.29, 1.82) is 5.26 Å². The molecule has 114 valence electrons. The van der Waals surface area contributed by atoms with Crippen molar-refractivity contribution in [3.8, 4) is 6.07 Å². The normalized spacial score (nSPS) is 18.9. The lowest BCUT2D eigenvalue weighted by atomic mass is 9.91. The van der Waals surface area contributed by atoms with E-state index in [1.54, 1.807) is 6.33 Å². The van der Waals surface area contributed by atoms with Crippen LogP contribution < -0.4 is 4.90 Å². The van der Waals surface area contributed by atoms with Crippen molar-refractivity contribution in [2.45, 2.75) is 24.8 Å². The number of fused-ring (bicyclic) bond motifs is 1.